The molecule has 7 nitrogen and oxygen atoms in total. The molecule has 5 rings (SSSR count). The molecule has 0 radical (unpaired) electrons. The lowest BCUT2D eigenvalue weighted by molar-refractivity contribution is 0.332. The average molecular weight is 408 g/mol. The highest BCUT2D eigenvalue weighted by molar-refractivity contribution is 6.30. The Kier molecular flexibility index (Phi) is 4.52. The Morgan fingerprint density at radius 2 is 1.93 bits per heavy atom. The number of piperidine rings is 1. The zero-order valence-electron chi connectivity index (χ0n) is 15.5. The molecule has 3 heterocycles. The predicted molar refractivity (Wildman–Crippen MR) is 111 cm³/mol. The van der Waals surface area contributed by atoms with Gasteiger partial charge in [-0.2, -0.15) is 4.98 Å². The van der Waals surface area contributed by atoms with Crippen LogP contribution in [0.1, 0.15) is 24.7 Å². The Labute approximate surface area is 171 Å². The third-order valence-corrected chi connectivity index (χ3v) is 5.47. The molecule has 0 saturated carbocycles. The zero-order valence-corrected chi connectivity index (χ0v) is 16.3. The van der Waals surface area contributed by atoms with E-state index in [1.165, 1.54) is 0 Å². The first-order valence-corrected chi connectivity index (χ1v) is 9.89. The molecule has 1 saturated heterocycles. The summed E-state index contributed by atoms with van der Waals surface area (Å²) in [6, 6.07) is 14.7. The highest BCUT2D eigenvalue weighted by atomic mass is 35.5. The van der Waals surface area contributed by atoms with Gasteiger partial charge in [0.1, 0.15) is 0 Å². The smallest absolute Gasteiger partial charge is 0.260 e. The Bertz CT molecular complexity index is 1220. The zero-order chi connectivity index (χ0) is 19.8. The van der Waals surface area contributed by atoms with E-state index in [0.717, 1.165) is 24.9 Å². The maximum atomic E-state index is 12.4. The van der Waals surface area contributed by atoms with Crippen LogP contribution in [0.5, 0.6) is 0 Å². The largest absolute Gasteiger partial charge is 0.342 e. The second-order valence-corrected chi connectivity index (χ2v) is 7.59. The van der Waals surface area contributed by atoms with Crippen molar-refractivity contribution in [2.24, 2.45) is 0 Å². The first kappa shape index (κ1) is 17.9. The van der Waals surface area contributed by atoms with E-state index in [2.05, 4.69) is 25.0 Å². The molecule has 1 aliphatic rings. The summed E-state index contributed by atoms with van der Waals surface area (Å²) >= 11 is 5.95. The fourth-order valence-corrected chi connectivity index (χ4v) is 3.84. The SMILES string of the molecule is O=c1[nH]c(N2CCCC(c3nc(-c4ccc(Cl)cc4)no3)C2)nc2ccccc12. The minimum Gasteiger partial charge on any atom is -0.342 e. The number of anilines is 1. The number of nitrogens with one attached hydrogen (secondary N) is 1. The summed E-state index contributed by atoms with van der Waals surface area (Å²) in [5.74, 6) is 1.80. The number of fused-ring (bicyclic) bond motifs is 1. The molecule has 29 heavy (non-hydrogen) atoms. The van der Waals surface area contributed by atoms with Crippen LogP contribution in [0, 0.1) is 0 Å². The summed E-state index contributed by atoms with van der Waals surface area (Å²) in [7, 11) is 0. The van der Waals surface area contributed by atoms with E-state index < -0.39 is 0 Å². The van der Waals surface area contributed by atoms with Crippen molar-refractivity contribution in [3.05, 3.63) is 69.8 Å². The van der Waals surface area contributed by atoms with Crippen LogP contribution in [0.2, 0.25) is 5.02 Å². The fraction of sp³-hybridized carbons (Fsp3) is 0.238. The van der Waals surface area contributed by atoms with E-state index in [1.54, 1.807) is 18.2 Å². The lowest BCUT2D eigenvalue weighted by Crippen LogP contribution is -2.36. The minimum absolute atomic E-state index is 0.0778. The van der Waals surface area contributed by atoms with Crippen LogP contribution >= 0.6 is 11.6 Å². The summed E-state index contributed by atoms with van der Waals surface area (Å²) in [4.78, 5) is 26.6. The predicted octanol–water partition coefficient (Wildman–Crippen LogP) is 4.01. The first-order chi connectivity index (χ1) is 14.2. The lowest BCUT2D eigenvalue weighted by atomic mass is 9.98. The van der Waals surface area contributed by atoms with Crippen molar-refractivity contribution in [2.45, 2.75) is 18.8 Å². The van der Waals surface area contributed by atoms with Crippen LogP contribution in [0.15, 0.2) is 57.8 Å². The monoisotopic (exact) mass is 407 g/mol. The van der Waals surface area contributed by atoms with Crippen molar-refractivity contribution in [2.75, 3.05) is 18.0 Å². The Morgan fingerprint density at radius 3 is 2.79 bits per heavy atom. The van der Waals surface area contributed by atoms with Gasteiger partial charge in [0, 0.05) is 23.7 Å². The van der Waals surface area contributed by atoms with E-state index in [4.69, 9.17) is 16.1 Å². The Morgan fingerprint density at radius 1 is 1.10 bits per heavy atom. The number of aromatic nitrogens is 4. The molecular weight excluding hydrogens is 390 g/mol. The van der Waals surface area contributed by atoms with Gasteiger partial charge in [0.2, 0.25) is 17.7 Å². The van der Waals surface area contributed by atoms with Gasteiger partial charge in [0.05, 0.1) is 16.8 Å². The van der Waals surface area contributed by atoms with Crippen LogP contribution < -0.4 is 10.5 Å². The summed E-state index contributed by atoms with van der Waals surface area (Å²) in [5, 5.41) is 5.38. The summed E-state index contributed by atoms with van der Waals surface area (Å²) in [6.07, 6.45) is 1.89. The maximum absolute atomic E-state index is 12.4. The maximum Gasteiger partial charge on any atom is 0.260 e. The molecule has 1 unspecified atom stereocenters. The number of H-pyrrole nitrogens is 1. The van der Waals surface area contributed by atoms with Crippen LogP contribution in [0.3, 0.4) is 0 Å². The van der Waals surface area contributed by atoms with Gasteiger partial charge in [-0.1, -0.05) is 28.9 Å². The van der Waals surface area contributed by atoms with Gasteiger partial charge in [-0.05, 0) is 49.2 Å². The van der Waals surface area contributed by atoms with Crippen LogP contribution in [-0.2, 0) is 0 Å². The number of benzene rings is 2. The van der Waals surface area contributed by atoms with Crippen molar-refractivity contribution in [1.29, 1.82) is 0 Å². The van der Waals surface area contributed by atoms with E-state index in [0.29, 0.717) is 40.1 Å². The minimum atomic E-state index is -0.129. The highest BCUT2D eigenvalue weighted by Crippen LogP contribution is 2.29. The summed E-state index contributed by atoms with van der Waals surface area (Å²) in [6.45, 7) is 1.47. The highest BCUT2D eigenvalue weighted by Gasteiger charge is 2.27. The van der Waals surface area contributed by atoms with Gasteiger partial charge >= 0.3 is 0 Å². The molecule has 0 amide bonds. The van der Waals surface area contributed by atoms with Gasteiger partial charge in [-0.25, -0.2) is 4.98 Å². The van der Waals surface area contributed by atoms with Crippen molar-refractivity contribution >= 4 is 28.5 Å². The van der Waals surface area contributed by atoms with Gasteiger partial charge in [-0.3, -0.25) is 9.78 Å². The number of nitrogens with zero attached hydrogens (tertiary/aromatic N) is 4. The van der Waals surface area contributed by atoms with E-state index in [-0.39, 0.29) is 11.5 Å². The van der Waals surface area contributed by atoms with Gasteiger partial charge in [0.25, 0.3) is 5.56 Å². The second-order valence-electron chi connectivity index (χ2n) is 7.15. The molecule has 1 atom stereocenters. The number of hydrogen-bond donors (Lipinski definition) is 1. The van der Waals surface area contributed by atoms with E-state index in [9.17, 15) is 4.79 Å². The first-order valence-electron chi connectivity index (χ1n) is 9.51. The molecular formula is C21H18ClN5O2. The molecule has 0 bridgehead atoms. The molecule has 0 spiro atoms. The quantitative estimate of drug-likeness (QED) is 0.552. The molecule has 146 valence electrons. The number of para-hydroxylation sites is 1. The topological polar surface area (TPSA) is 87.9 Å². The lowest BCUT2D eigenvalue weighted by Gasteiger charge is -2.31. The molecule has 4 aromatic rings. The molecule has 8 heteroatoms. The average Bonchev–Trinajstić information content (AvgIpc) is 3.25. The molecule has 2 aromatic heterocycles. The number of rotatable bonds is 3. The fourth-order valence-electron chi connectivity index (χ4n) is 3.71. The van der Waals surface area contributed by atoms with Gasteiger partial charge in [0.15, 0.2) is 0 Å². The normalized spacial score (nSPS) is 17.0. The van der Waals surface area contributed by atoms with E-state index >= 15 is 0 Å². The van der Waals surface area contributed by atoms with E-state index in [1.807, 2.05) is 30.3 Å². The van der Waals surface area contributed by atoms with Crippen molar-refractivity contribution in [3.63, 3.8) is 0 Å². The number of aromatic amines is 1. The van der Waals surface area contributed by atoms with Crippen molar-refractivity contribution < 1.29 is 4.52 Å². The molecule has 1 fully saturated rings. The summed E-state index contributed by atoms with van der Waals surface area (Å²) < 4.78 is 5.55. The molecule has 1 aliphatic heterocycles. The molecule has 2 aromatic carbocycles. The standard InChI is InChI=1S/C21H18ClN5O2/c22-15-9-7-13(8-10-15)18-24-20(29-26-18)14-4-3-11-27(12-14)21-23-17-6-2-1-5-16(17)19(28)25-21/h1-2,5-10,14H,3-4,11-12H2,(H,23,25,28). The Hall–Kier alpha value is -3.19. The van der Waals surface area contributed by atoms with Crippen LogP contribution in [0.25, 0.3) is 22.3 Å². The van der Waals surface area contributed by atoms with Gasteiger partial charge < -0.3 is 9.42 Å². The van der Waals surface area contributed by atoms with Crippen LogP contribution in [0.4, 0.5) is 5.95 Å². The van der Waals surface area contributed by atoms with Crippen molar-refractivity contribution in [3.8, 4) is 11.4 Å². The third-order valence-electron chi connectivity index (χ3n) is 5.21. The van der Waals surface area contributed by atoms with Crippen LogP contribution in [-0.4, -0.2) is 33.2 Å². The van der Waals surface area contributed by atoms with Gasteiger partial charge in [-0.15, -0.1) is 0 Å². The number of hydrogen-bond acceptors (Lipinski definition) is 6. The third kappa shape index (κ3) is 3.49. The second kappa shape index (κ2) is 7.33. The molecule has 0 aliphatic carbocycles. The Balaban J connectivity index is 1.40. The number of halogens is 1. The molecule has 1 N–H and O–H groups in total. The van der Waals surface area contributed by atoms with Crippen molar-refractivity contribution in [1.82, 2.24) is 20.1 Å². The summed E-state index contributed by atoms with van der Waals surface area (Å²) in [5.41, 5.74) is 1.42.